The molecular weight excluding hydrogens is 268 g/mol. The van der Waals surface area contributed by atoms with Gasteiger partial charge in [0.2, 0.25) is 5.52 Å². The standard InChI is InChI=1S/C17H16ClN2/c1-19-12-16(10-13-6-3-4-9-17(13)19)20(2)15-8-5-7-14(18)11-15/h3-12H,1-2H3/q+1. The van der Waals surface area contributed by atoms with Gasteiger partial charge < -0.3 is 4.90 Å². The van der Waals surface area contributed by atoms with Gasteiger partial charge in [0.1, 0.15) is 12.7 Å². The molecular formula is C17H16ClN2+. The van der Waals surface area contributed by atoms with E-state index in [0.29, 0.717) is 0 Å². The number of aryl methyl sites for hydroxylation is 1. The molecule has 0 saturated carbocycles. The Hall–Kier alpha value is -2.06. The van der Waals surface area contributed by atoms with Crippen LogP contribution in [0.15, 0.2) is 60.8 Å². The van der Waals surface area contributed by atoms with Crippen LogP contribution in [0, 0.1) is 0 Å². The summed E-state index contributed by atoms with van der Waals surface area (Å²) in [7, 11) is 4.12. The lowest BCUT2D eigenvalue weighted by molar-refractivity contribution is -0.644. The highest BCUT2D eigenvalue weighted by Gasteiger charge is 2.11. The van der Waals surface area contributed by atoms with Gasteiger partial charge in [-0.1, -0.05) is 29.8 Å². The van der Waals surface area contributed by atoms with E-state index in [2.05, 4.69) is 66.2 Å². The first-order valence-electron chi connectivity index (χ1n) is 6.53. The number of nitrogens with zero attached hydrogens (tertiary/aromatic N) is 2. The topological polar surface area (TPSA) is 7.12 Å². The number of para-hydroxylation sites is 1. The lowest BCUT2D eigenvalue weighted by atomic mass is 10.2. The van der Waals surface area contributed by atoms with E-state index in [1.807, 2.05) is 18.2 Å². The number of pyridine rings is 1. The molecule has 1 heterocycles. The first-order chi connectivity index (χ1) is 9.65. The minimum absolute atomic E-state index is 0.750. The monoisotopic (exact) mass is 283 g/mol. The Morgan fingerprint density at radius 2 is 1.75 bits per heavy atom. The Labute approximate surface area is 123 Å². The molecule has 2 aromatic carbocycles. The van der Waals surface area contributed by atoms with E-state index in [0.717, 1.165) is 16.4 Å². The summed E-state index contributed by atoms with van der Waals surface area (Å²) in [4.78, 5) is 2.14. The number of aromatic nitrogens is 1. The molecule has 3 rings (SSSR count). The van der Waals surface area contributed by atoms with Crippen LogP contribution in [-0.2, 0) is 7.05 Å². The molecule has 0 saturated heterocycles. The molecule has 0 N–H and O–H groups in total. The van der Waals surface area contributed by atoms with Crippen LogP contribution < -0.4 is 9.47 Å². The molecule has 0 amide bonds. The van der Waals surface area contributed by atoms with Crippen LogP contribution in [-0.4, -0.2) is 7.05 Å². The molecule has 0 atom stereocenters. The molecule has 0 radical (unpaired) electrons. The fraction of sp³-hybridized carbons (Fsp3) is 0.118. The van der Waals surface area contributed by atoms with Gasteiger partial charge in [-0.3, -0.25) is 0 Å². The van der Waals surface area contributed by atoms with Crippen molar-refractivity contribution in [2.45, 2.75) is 0 Å². The predicted octanol–water partition coefficient (Wildman–Crippen LogP) is 4.09. The largest absolute Gasteiger partial charge is 0.340 e. The lowest BCUT2D eigenvalue weighted by Crippen LogP contribution is -2.29. The van der Waals surface area contributed by atoms with Crippen LogP contribution in [0.5, 0.6) is 0 Å². The molecule has 0 aliphatic heterocycles. The van der Waals surface area contributed by atoms with Crippen LogP contribution in [0.25, 0.3) is 10.9 Å². The average molecular weight is 284 g/mol. The van der Waals surface area contributed by atoms with Gasteiger partial charge in [-0.2, -0.15) is 4.57 Å². The maximum Gasteiger partial charge on any atom is 0.212 e. The molecule has 100 valence electrons. The zero-order valence-corrected chi connectivity index (χ0v) is 12.3. The quantitative estimate of drug-likeness (QED) is 0.643. The van der Waals surface area contributed by atoms with Gasteiger partial charge in [-0.25, -0.2) is 0 Å². The molecule has 0 bridgehead atoms. The fourth-order valence-corrected chi connectivity index (χ4v) is 2.60. The summed E-state index contributed by atoms with van der Waals surface area (Å²) in [6.07, 6.45) is 2.13. The highest BCUT2D eigenvalue weighted by Crippen LogP contribution is 2.26. The van der Waals surface area contributed by atoms with E-state index in [1.54, 1.807) is 0 Å². The number of hydrogen-bond donors (Lipinski definition) is 0. The smallest absolute Gasteiger partial charge is 0.212 e. The van der Waals surface area contributed by atoms with Crippen molar-refractivity contribution in [1.82, 2.24) is 0 Å². The molecule has 0 aliphatic carbocycles. The predicted molar refractivity (Wildman–Crippen MR) is 84.6 cm³/mol. The molecule has 0 fully saturated rings. The summed E-state index contributed by atoms with van der Waals surface area (Å²) in [5, 5.41) is 1.97. The third-order valence-corrected chi connectivity index (χ3v) is 3.76. The van der Waals surface area contributed by atoms with E-state index < -0.39 is 0 Å². The molecule has 0 aliphatic rings. The molecule has 3 heteroatoms. The minimum Gasteiger partial charge on any atom is -0.340 e. The van der Waals surface area contributed by atoms with Crippen LogP contribution >= 0.6 is 11.6 Å². The Morgan fingerprint density at radius 1 is 0.950 bits per heavy atom. The van der Waals surface area contributed by atoms with Crippen molar-refractivity contribution in [2.24, 2.45) is 7.05 Å². The number of rotatable bonds is 2. The zero-order valence-electron chi connectivity index (χ0n) is 11.5. The molecule has 2 nitrogen and oxygen atoms in total. The highest BCUT2D eigenvalue weighted by atomic mass is 35.5. The molecule has 20 heavy (non-hydrogen) atoms. The number of halogens is 1. The van der Waals surface area contributed by atoms with Gasteiger partial charge in [-0.05, 0) is 30.3 Å². The van der Waals surface area contributed by atoms with Crippen molar-refractivity contribution in [1.29, 1.82) is 0 Å². The van der Waals surface area contributed by atoms with Crippen molar-refractivity contribution in [3.8, 4) is 0 Å². The lowest BCUT2D eigenvalue weighted by Gasteiger charge is -2.18. The Bertz CT molecular complexity index is 768. The normalized spacial score (nSPS) is 10.8. The average Bonchev–Trinajstić information content (AvgIpc) is 2.46. The van der Waals surface area contributed by atoms with Crippen molar-refractivity contribution >= 4 is 33.9 Å². The molecule has 3 aromatic rings. The van der Waals surface area contributed by atoms with E-state index in [1.165, 1.54) is 10.9 Å². The van der Waals surface area contributed by atoms with Crippen LogP contribution in [0.3, 0.4) is 0 Å². The summed E-state index contributed by atoms with van der Waals surface area (Å²) in [5.74, 6) is 0. The van der Waals surface area contributed by atoms with Gasteiger partial charge in [0.05, 0.1) is 0 Å². The number of anilines is 2. The zero-order chi connectivity index (χ0) is 14.1. The Balaban J connectivity index is 2.10. The van der Waals surface area contributed by atoms with Gasteiger partial charge in [0.25, 0.3) is 0 Å². The summed E-state index contributed by atoms with van der Waals surface area (Å²) in [6.45, 7) is 0. The van der Waals surface area contributed by atoms with Gasteiger partial charge in [-0.15, -0.1) is 0 Å². The fourth-order valence-electron chi connectivity index (χ4n) is 2.41. The third kappa shape index (κ3) is 2.35. The van der Waals surface area contributed by atoms with E-state index in [-0.39, 0.29) is 0 Å². The van der Waals surface area contributed by atoms with Crippen molar-refractivity contribution in [2.75, 3.05) is 11.9 Å². The van der Waals surface area contributed by atoms with Gasteiger partial charge in [0.15, 0.2) is 6.20 Å². The van der Waals surface area contributed by atoms with E-state index >= 15 is 0 Å². The van der Waals surface area contributed by atoms with Crippen LogP contribution in [0.4, 0.5) is 11.4 Å². The Morgan fingerprint density at radius 3 is 2.55 bits per heavy atom. The van der Waals surface area contributed by atoms with Crippen molar-refractivity contribution < 1.29 is 4.57 Å². The second kappa shape index (κ2) is 5.14. The summed E-state index contributed by atoms with van der Waals surface area (Å²) in [6, 6.07) is 18.4. The molecule has 1 aromatic heterocycles. The Kier molecular flexibility index (Phi) is 3.33. The van der Waals surface area contributed by atoms with Crippen LogP contribution in [0.2, 0.25) is 5.02 Å². The van der Waals surface area contributed by atoms with Crippen LogP contribution in [0.1, 0.15) is 0 Å². The summed E-state index contributed by atoms with van der Waals surface area (Å²) in [5.41, 5.74) is 3.43. The first kappa shape index (κ1) is 12.9. The van der Waals surface area contributed by atoms with Gasteiger partial charge in [0, 0.05) is 29.2 Å². The second-order valence-corrected chi connectivity index (χ2v) is 5.34. The second-order valence-electron chi connectivity index (χ2n) is 4.91. The van der Waals surface area contributed by atoms with E-state index in [9.17, 15) is 0 Å². The summed E-state index contributed by atoms with van der Waals surface area (Å²) < 4.78 is 2.14. The minimum atomic E-state index is 0.750. The number of benzene rings is 2. The highest BCUT2D eigenvalue weighted by molar-refractivity contribution is 6.30. The SMILES string of the molecule is CN(c1cccc(Cl)c1)c1cc2ccccc2[n+](C)c1. The van der Waals surface area contributed by atoms with Crippen molar-refractivity contribution in [3.63, 3.8) is 0 Å². The first-order valence-corrected chi connectivity index (χ1v) is 6.91. The molecule has 0 unspecified atom stereocenters. The third-order valence-electron chi connectivity index (χ3n) is 3.53. The maximum absolute atomic E-state index is 6.07. The maximum atomic E-state index is 6.07. The van der Waals surface area contributed by atoms with Crippen molar-refractivity contribution in [3.05, 3.63) is 65.8 Å². The number of fused-ring (bicyclic) bond motifs is 1. The van der Waals surface area contributed by atoms with E-state index in [4.69, 9.17) is 11.6 Å². The summed E-state index contributed by atoms with van der Waals surface area (Å²) >= 11 is 6.07. The number of hydrogen-bond acceptors (Lipinski definition) is 1. The van der Waals surface area contributed by atoms with Gasteiger partial charge >= 0.3 is 0 Å². The molecule has 0 spiro atoms.